The van der Waals surface area contributed by atoms with Gasteiger partial charge in [0.15, 0.2) is 6.61 Å². The summed E-state index contributed by atoms with van der Waals surface area (Å²) in [5.74, 6) is -0.966. The lowest BCUT2D eigenvalue weighted by molar-refractivity contribution is -0.119. The maximum Gasteiger partial charge on any atom is 0.374 e. The minimum atomic E-state index is -3.81. The van der Waals surface area contributed by atoms with Crippen LogP contribution in [0.4, 0.5) is 5.69 Å². The van der Waals surface area contributed by atoms with Crippen molar-refractivity contribution in [1.82, 2.24) is 4.72 Å². The topological polar surface area (TPSA) is 128 Å². The van der Waals surface area contributed by atoms with Crippen LogP contribution in [0.2, 0.25) is 0 Å². The second-order valence-corrected chi connectivity index (χ2v) is 7.30. The fourth-order valence-corrected chi connectivity index (χ4v) is 3.24. The molecule has 9 nitrogen and oxygen atoms in total. The van der Waals surface area contributed by atoms with E-state index in [2.05, 4.69) is 10.0 Å². The van der Waals surface area contributed by atoms with Crippen LogP contribution in [0.1, 0.15) is 16.3 Å². The summed E-state index contributed by atoms with van der Waals surface area (Å²) in [4.78, 5) is 23.5. The van der Waals surface area contributed by atoms with Crippen molar-refractivity contribution < 1.29 is 31.6 Å². The quantitative estimate of drug-likeness (QED) is 0.551. The Bertz CT molecular complexity index is 1040. The van der Waals surface area contributed by atoms with Crippen LogP contribution in [-0.4, -0.2) is 26.9 Å². The normalized spacial score (nSPS) is 11.1. The first-order valence-corrected chi connectivity index (χ1v) is 9.55. The molecule has 0 atom stereocenters. The molecule has 0 saturated carbocycles. The van der Waals surface area contributed by atoms with Crippen molar-refractivity contribution in [3.8, 4) is 0 Å². The molecule has 28 heavy (non-hydrogen) atoms. The molecular weight excluding hydrogens is 388 g/mol. The number of sulfonamides is 1. The van der Waals surface area contributed by atoms with E-state index < -0.39 is 28.5 Å². The van der Waals surface area contributed by atoms with Crippen LogP contribution in [0.15, 0.2) is 74.8 Å². The molecule has 1 amide bonds. The molecule has 0 fully saturated rings. The predicted molar refractivity (Wildman–Crippen MR) is 96.8 cm³/mol. The van der Waals surface area contributed by atoms with E-state index in [9.17, 15) is 18.0 Å². The van der Waals surface area contributed by atoms with E-state index in [1.165, 1.54) is 48.9 Å². The molecule has 0 radical (unpaired) electrons. The molecule has 0 aliphatic carbocycles. The molecule has 0 bridgehead atoms. The molecule has 0 spiro atoms. The van der Waals surface area contributed by atoms with E-state index in [1.54, 1.807) is 12.1 Å². The van der Waals surface area contributed by atoms with Crippen LogP contribution in [0.3, 0.4) is 0 Å². The molecule has 3 aromatic rings. The number of esters is 1. The summed E-state index contributed by atoms with van der Waals surface area (Å²) in [7, 11) is -3.81. The Morgan fingerprint density at radius 3 is 2.50 bits per heavy atom. The van der Waals surface area contributed by atoms with Gasteiger partial charge in [-0.3, -0.25) is 4.79 Å². The third-order valence-electron chi connectivity index (χ3n) is 3.50. The largest absolute Gasteiger partial charge is 0.468 e. The van der Waals surface area contributed by atoms with E-state index in [4.69, 9.17) is 13.6 Å². The summed E-state index contributed by atoms with van der Waals surface area (Å²) in [5.41, 5.74) is 0.236. The highest BCUT2D eigenvalue weighted by Gasteiger charge is 2.16. The number of rotatable bonds is 8. The number of benzene rings is 1. The molecule has 10 heteroatoms. The SMILES string of the molecule is O=C(COC(=O)c1ccco1)Nc1cccc(S(=O)(=O)NCc2ccco2)c1. The van der Waals surface area contributed by atoms with Gasteiger partial charge in [-0.2, -0.15) is 0 Å². The van der Waals surface area contributed by atoms with Crippen molar-refractivity contribution in [2.45, 2.75) is 11.4 Å². The fourth-order valence-electron chi connectivity index (χ4n) is 2.20. The lowest BCUT2D eigenvalue weighted by atomic mass is 10.3. The second-order valence-electron chi connectivity index (χ2n) is 5.53. The van der Waals surface area contributed by atoms with E-state index in [0.717, 1.165) is 0 Å². The van der Waals surface area contributed by atoms with Gasteiger partial charge in [0.25, 0.3) is 5.91 Å². The third-order valence-corrected chi connectivity index (χ3v) is 4.90. The molecule has 2 N–H and O–H groups in total. The van der Waals surface area contributed by atoms with Crippen LogP contribution in [0, 0.1) is 0 Å². The number of amides is 1. The van der Waals surface area contributed by atoms with Gasteiger partial charge in [0.05, 0.1) is 24.0 Å². The highest BCUT2D eigenvalue weighted by atomic mass is 32.2. The number of carbonyl (C=O) groups is 2. The second kappa shape index (κ2) is 8.55. The molecule has 1 aromatic carbocycles. The molecule has 2 aromatic heterocycles. The zero-order chi connectivity index (χ0) is 20.0. The smallest absolute Gasteiger partial charge is 0.374 e. The highest BCUT2D eigenvalue weighted by molar-refractivity contribution is 7.89. The van der Waals surface area contributed by atoms with Crippen molar-refractivity contribution in [3.05, 3.63) is 72.6 Å². The molecule has 0 aliphatic rings. The Morgan fingerprint density at radius 1 is 1.00 bits per heavy atom. The van der Waals surface area contributed by atoms with Gasteiger partial charge in [-0.05, 0) is 42.5 Å². The van der Waals surface area contributed by atoms with Crippen molar-refractivity contribution >= 4 is 27.6 Å². The lowest BCUT2D eigenvalue weighted by Crippen LogP contribution is -2.24. The number of furan rings is 2. The van der Waals surface area contributed by atoms with Gasteiger partial charge in [-0.25, -0.2) is 17.9 Å². The van der Waals surface area contributed by atoms with E-state index >= 15 is 0 Å². The number of anilines is 1. The first kappa shape index (κ1) is 19.4. The third kappa shape index (κ3) is 5.09. The standard InChI is InChI=1S/C18H16N2O7S/c21-17(12-27-18(22)16-7-3-9-26-16)20-13-4-1-6-15(10-13)28(23,24)19-11-14-5-2-8-25-14/h1-10,19H,11-12H2,(H,20,21). The zero-order valence-corrected chi connectivity index (χ0v) is 15.3. The molecule has 146 valence electrons. The van der Waals surface area contributed by atoms with Crippen LogP contribution < -0.4 is 10.0 Å². The van der Waals surface area contributed by atoms with Gasteiger partial charge in [0.1, 0.15) is 5.76 Å². The lowest BCUT2D eigenvalue weighted by Gasteiger charge is -2.09. The maximum atomic E-state index is 12.4. The summed E-state index contributed by atoms with van der Waals surface area (Å²) >= 11 is 0. The molecule has 2 heterocycles. The summed E-state index contributed by atoms with van der Waals surface area (Å²) in [6.45, 7) is -0.554. The van der Waals surface area contributed by atoms with Gasteiger partial charge < -0.3 is 18.9 Å². The number of hydrogen-bond donors (Lipinski definition) is 2. The van der Waals surface area contributed by atoms with Crippen LogP contribution >= 0.6 is 0 Å². The van der Waals surface area contributed by atoms with Gasteiger partial charge in [-0.1, -0.05) is 6.07 Å². The Morgan fingerprint density at radius 2 is 1.79 bits per heavy atom. The van der Waals surface area contributed by atoms with Gasteiger partial charge in [-0.15, -0.1) is 0 Å². The first-order chi connectivity index (χ1) is 13.4. The van der Waals surface area contributed by atoms with Crippen LogP contribution in [-0.2, 0) is 26.1 Å². The molecule has 0 saturated heterocycles. The number of carbonyl (C=O) groups excluding carboxylic acids is 2. The van der Waals surface area contributed by atoms with Crippen LogP contribution in [0.5, 0.6) is 0 Å². The van der Waals surface area contributed by atoms with Crippen molar-refractivity contribution in [2.75, 3.05) is 11.9 Å². The Kier molecular flexibility index (Phi) is 5.92. The van der Waals surface area contributed by atoms with Crippen molar-refractivity contribution in [3.63, 3.8) is 0 Å². The maximum absolute atomic E-state index is 12.4. The number of ether oxygens (including phenoxy) is 1. The fraction of sp³-hybridized carbons (Fsp3) is 0.111. The summed E-state index contributed by atoms with van der Waals surface area (Å²) in [6, 6.07) is 11.9. The monoisotopic (exact) mass is 404 g/mol. The van der Waals surface area contributed by atoms with E-state index in [0.29, 0.717) is 5.76 Å². The predicted octanol–water partition coefficient (Wildman–Crippen LogP) is 2.15. The number of hydrogen-bond acceptors (Lipinski definition) is 7. The van der Waals surface area contributed by atoms with Crippen LogP contribution in [0.25, 0.3) is 0 Å². The zero-order valence-electron chi connectivity index (χ0n) is 14.5. The summed E-state index contributed by atoms with van der Waals surface area (Å²) < 4.78 is 41.9. The number of nitrogens with one attached hydrogen (secondary N) is 2. The minimum Gasteiger partial charge on any atom is -0.468 e. The first-order valence-electron chi connectivity index (χ1n) is 8.06. The Labute approximate surface area is 160 Å². The average molecular weight is 404 g/mol. The minimum absolute atomic E-state index is 0.00531. The van der Waals surface area contributed by atoms with E-state index in [1.807, 2.05) is 0 Å². The molecule has 0 unspecified atom stereocenters. The Hall–Kier alpha value is -3.37. The average Bonchev–Trinajstić information content (AvgIpc) is 3.38. The summed E-state index contributed by atoms with van der Waals surface area (Å²) in [5, 5.41) is 2.47. The van der Waals surface area contributed by atoms with Gasteiger partial charge in [0.2, 0.25) is 15.8 Å². The molecule has 3 rings (SSSR count). The van der Waals surface area contributed by atoms with Gasteiger partial charge >= 0.3 is 5.97 Å². The van der Waals surface area contributed by atoms with Crippen molar-refractivity contribution in [2.24, 2.45) is 0 Å². The highest BCUT2D eigenvalue weighted by Crippen LogP contribution is 2.16. The summed E-state index contributed by atoms with van der Waals surface area (Å²) in [6.07, 6.45) is 2.75. The van der Waals surface area contributed by atoms with E-state index in [-0.39, 0.29) is 22.9 Å². The molecular formula is C18H16N2O7S. The molecule has 0 aliphatic heterocycles. The Balaban J connectivity index is 1.57. The van der Waals surface area contributed by atoms with Crippen molar-refractivity contribution in [1.29, 1.82) is 0 Å². The van der Waals surface area contributed by atoms with Gasteiger partial charge in [0, 0.05) is 5.69 Å².